The van der Waals surface area contributed by atoms with E-state index < -0.39 is 0 Å². The fraction of sp³-hybridized carbons (Fsp3) is 0.429. The second-order valence-corrected chi connectivity index (χ2v) is 7.90. The number of nitrogens with zero attached hydrogens (tertiary/aromatic N) is 1. The molecule has 7 nitrogen and oxygen atoms in total. The summed E-state index contributed by atoms with van der Waals surface area (Å²) in [5.41, 5.74) is 1.08. The third-order valence-corrected chi connectivity index (χ3v) is 5.44. The molecule has 1 aromatic heterocycles. The fourth-order valence-corrected chi connectivity index (χ4v) is 3.56. The number of ether oxygens (including phenoxy) is 1. The lowest BCUT2D eigenvalue weighted by atomic mass is 10.2. The van der Waals surface area contributed by atoms with E-state index in [0.717, 1.165) is 18.7 Å². The summed E-state index contributed by atoms with van der Waals surface area (Å²) in [6.07, 6.45) is -0.0352. The van der Waals surface area contributed by atoms with Crippen LogP contribution in [-0.4, -0.2) is 55.6 Å². The highest BCUT2D eigenvalue weighted by Gasteiger charge is 2.21. The number of nitrogens with one attached hydrogen (secondary N) is 2. The van der Waals surface area contributed by atoms with Gasteiger partial charge in [-0.25, -0.2) is 0 Å². The lowest BCUT2D eigenvalue weighted by Crippen LogP contribution is -2.47. The maximum absolute atomic E-state index is 12.2. The minimum atomic E-state index is -0.290. The van der Waals surface area contributed by atoms with Crippen molar-refractivity contribution in [2.75, 3.05) is 32.8 Å². The van der Waals surface area contributed by atoms with Crippen LogP contribution in [0.15, 0.2) is 34.7 Å². The van der Waals surface area contributed by atoms with Gasteiger partial charge >= 0.3 is 0 Å². The number of amides is 2. The Morgan fingerprint density at radius 1 is 1.17 bits per heavy atom. The molecule has 0 radical (unpaired) electrons. The van der Waals surface area contributed by atoms with Crippen LogP contribution in [-0.2, 0) is 22.5 Å². The number of carbonyl (C=O) groups excluding carboxylic acids is 2. The third kappa shape index (κ3) is 6.47. The number of hydrogen-bond donors (Lipinski definition) is 2. The lowest BCUT2D eigenvalue weighted by molar-refractivity contribution is -0.122. The molecule has 1 aromatic carbocycles. The Hall–Kier alpha value is -2.06. The molecular formula is C21H25Cl2N3O4. The molecule has 9 heteroatoms. The summed E-state index contributed by atoms with van der Waals surface area (Å²) in [4.78, 5) is 26.2. The molecule has 162 valence electrons. The van der Waals surface area contributed by atoms with E-state index in [1.807, 2.05) is 19.1 Å². The van der Waals surface area contributed by atoms with Gasteiger partial charge in [0.15, 0.2) is 5.76 Å². The van der Waals surface area contributed by atoms with E-state index in [9.17, 15) is 9.59 Å². The van der Waals surface area contributed by atoms with E-state index >= 15 is 0 Å². The summed E-state index contributed by atoms with van der Waals surface area (Å²) in [5, 5.41) is 6.61. The summed E-state index contributed by atoms with van der Waals surface area (Å²) in [6, 6.07) is 8.83. The van der Waals surface area contributed by atoms with Gasteiger partial charge in [-0.1, -0.05) is 29.3 Å². The van der Waals surface area contributed by atoms with Crippen LogP contribution in [0.4, 0.5) is 0 Å². The highest BCUT2D eigenvalue weighted by Crippen LogP contribution is 2.23. The van der Waals surface area contributed by atoms with Crippen LogP contribution in [0.5, 0.6) is 0 Å². The molecular weight excluding hydrogens is 429 g/mol. The summed E-state index contributed by atoms with van der Waals surface area (Å²) < 4.78 is 11.2. The van der Waals surface area contributed by atoms with Gasteiger partial charge in [0.2, 0.25) is 5.91 Å². The zero-order valence-corrected chi connectivity index (χ0v) is 18.3. The number of hydrogen-bond acceptors (Lipinski definition) is 5. The Bertz CT molecular complexity index is 887. The zero-order chi connectivity index (χ0) is 21.5. The molecule has 2 heterocycles. The van der Waals surface area contributed by atoms with Crippen molar-refractivity contribution in [1.82, 2.24) is 15.5 Å². The largest absolute Gasteiger partial charge is 0.455 e. The van der Waals surface area contributed by atoms with Crippen molar-refractivity contribution < 1.29 is 18.7 Å². The van der Waals surface area contributed by atoms with E-state index in [4.69, 9.17) is 32.4 Å². The molecule has 0 unspecified atom stereocenters. The first-order chi connectivity index (χ1) is 14.4. The Kier molecular flexibility index (Phi) is 8.16. The average Bonchev–Trinajstić information content (AvgIpc) is 3.18. The molecule has 1 fully saturated rings. The molecule has 1 aliphatic rings. The topological polar surface area (TPSA) is 83.8 Å². The highest BCUT2D eigenvalue weighted by molar-refractivity contribution is 6.42. The van der Waals surface area contributed by atoms with Crippen LogP contribution in [0.3, 0.4) is 0 Å². The predicted molar refractivity (Wildman–Crippen MR) is 115 cm³/mol. The molecule has 1 saturated heterocycles. The minimum Gasteiger partial charge on any atom is -0.455 e. The van der Waals surface area contributed by atoms with Crippen molar-refractivity contribution in [3.63, 3.8) is 0 Å². The van der Waals surface area contributed by atoms with Crippen molar-refractivity contribution in [2.24, 2.45) is 0 Å². The number of rotatable bonds is 8. The second kappa shape index (κ2) is 10.8. The third-order valence-electron chi connectivity index (χ3n) is 4.70. The van der Waals surface area contributed by atoms with Crippen LogP contribution in [0.25, 0.3) is 0 Å². The number of benzene rings is 1. The van der Waals surface area contributed by atoms with Gasteiger partial charge < -0.3 is 19.8 Å². The lowest BCUT2D eigenvalue weighted by Gasteiger charge is -2.33. The second-order valence-electron chi connectivity index (χ2n) is 7.08. The van der Waals surface area contributed by atoms with E-state index in [1.54, 1.807) is 18.2 Å². The Balaban J connectivity index is 1.44. The Labute approximate surface area is 185 Å². The molecule has 0 spiro atoms. The van der Waals surface area contributed by atoms with Crippen molar-refractivity contribution in [3.05, 3.63) is 57.5 Å². The van der Waals surface area contributed by atoms with Crippen LogP contribution in [0.2, 0.25) is 10.0 Å². The van der Waals surface area contributed by atoms with Crippen LogP contribution in [0, 0.1) is 0 Å². The van der Waals surface area contributed by atoms with E-state index in [0.29, 0.717) is 42.0 Å². The highest BCUT2D eigenvalue weighted by atomic mass is 35.5. The first kappa shape index (κ1) is 22.6. The maximum Gasteiger partial charge on any atom is 0.286 e. The predicted octanol–water partition coefficient (Wildman–Crippen LogP) is 2.90. The first-order valence-corrected chi connectivity index (χ1v) is 10.6. The molecule has 3 rings (SSSR count). The minimum absolute atomic E-state index is 0.0686. The van der Waals surface area contributed by atoms with Gasteiger partial charge in [0.1, 0.15) is 5.76 Å². The smallest absolute Gasteiger partial charge is 0.286 e. The molecule has 2 N–H and O–H groups in total. The first-order valence-electron chi connectivity index (χ1n) is 9.86. The Morgan fingerprint density at radius 3 is 2.77 bits per heavy atom. The number of furan rings is 1. The SMILES string of the molecule is CCNC(=O)c1ccc(CC(=O)NC[C@H]2CN(Cc3ccc(Cl)c(Cl)c3)CCO2)o1. The van der Waals surface area contributed by atoms with Crippen molar-refractivity contribution in [3.8, 4) is 0 Å². The van der Waals surface area contributed by atoms with Gasteiger partial charge in [0.05, 0.1) is 29.2 Å². The van der Waals surface area contributed by atoms with Crippen molar-refractivity contribution >= 4 is 35.0 Å². The average molecular weight is 454 g/mol. The normalized spacial score (nSPS) is 17.0. The van der Waals surface area contributed by atoms with Gasteiger partial charge in [-0.05, 0) is 36.8 Å². The van der Waals surface area contributed by atoms with Gasteiger partial charge in [0.25, 0.3) is 5.91 Å². The Morgan fingerprint density at radius 2 is 2.00 bits per heavy atom. The number of morpholine rings is 1. The standard InChI is InChI=1S/C21H25Cl2N3O4/c1-2-24-21(28)19-6-4-15(30-19)10-20(27)25-11-16-13-26(7-8-29-16)12-14-3-5-17(22)18(23)9-14/h3-6,9,16H,2,7-8,10-13H2,1H3,(H,24,28)(H,25,27)/t16-/m0/s1. The van der Waals surface area contributed by atoms with Crippen LogP contribution >= 0.6 is 23.2 Å². The summed E-state index contributed by atoms with van der Waals surface area (Å²) in [6.45, 7) is 5.58. The van der Waals surface area contributed by atoms with Crippen molar-refractivity contribution in [2.45, 2.75) is 26.0 Å². The molecule has 30 heavy (non-hydrogen) atoms. The molecule has 0 bridgehead atoms. The molecule has 2 aromatic rings. The van der Waals surface area contributed by atoms with Gasteiger partial charge in [0, 0.05) is 32.7 Å². The van der Waals surface area contributed by atoms with Crippen molar-refractivity contribution in [1.29, 1.82) is 0 Å². The zero-order valence-electron chi connectivity index (χ0n) is 16.7. The fourth-order valence-electron chi connectivity index (χ4n) is 3.23. The molecule has 1 aliphatic heterocycles. The maximum atomic E-state index is 12.2. The monoisotopic (exact) mass is 453 g/mol. The van der Waals surface area contributed by atoms with E-state index in [2.05, 4.69) is 15.5 Å². The van der Waals surface area contributed by atoms with E-state index in [-0.39, 0.29) is 30.1 Å². The molecule has 0 saturated carbocycles. The van der Waals surface area contributed by atoms with Crippen LogP contribution < -0.4 is 10.6 Å². The summed E-state index contributed by atoms with van der Waals surface area (Å²) >= 11 is 12.1. The summed E-state index contributed by atoms with van der Waals surface area (Å²) in [7, 11) is 0. The number of halogens is 2. The molecule has 0 aliphatic carbocycles. The number of carbonyl (C=O) groups is 2. The molecule has 2 amide bonds. The van der Waals surface area contributed by atoms with Gasteiger partial charge in [-0.15, -0.1) is 0 Å². The molecule has 1 atom stereocenters. The van der Waals surface area contributed by atoms with E-state index in [1.165, 1.54) is 0 Å². The van der Waals surface area contributed by atoms with Gasteiger partial charge in [-0.2, -0.15) is 0 Å². The quantitative estimate of drug-likeness (QED) is 0.641. The summed E-state index contributed by atoms with van der Waals surface area (Å²) in [5.74, 6) is 0.173. The van der Waals surface area contributed by atoms with Crippen LogP contribution in [0.1, 0.15) is 28.8 Å². The van der Waals surface area contributed by atoms with Gasteiger partial charge in [-0.3, -0.25) is 14.5 Å².